The van der Waals surface area contributed by atoms with Gasteiger partial charge in [0.2, 0.25) is 0 Å². The fourth-order valence-corrected chi connectivity index (χ4v) is 1.83. The lowest BCUT2D eigenvalue weighted by molar-refractivity contribution is 0.0552. The lowest BCUT2D eigenvalue weighted by Crippen LogP contribution is -2.36. The summed E-state index contributed by atoms with van der Waals surface area (Å²) in [6, 6.07) is 0. The zero-order valence-electron chi connectivity index (χ0n) is 6.31. The first kappa shape index (κ1) is 6.62. The molecule has 2 fully saturated rings. The predicted octanol–water partition coefficient (Wildman–Crippen LogP) is 0.904. The van der Waals surface area contributed by atoms with Gasteiger partial charge in [0.1, 0.15) is 0 Å². The van der Waals surface area contributed by atoms with Crippen molar-refractivity contribution in [1.29, 1.82) is 0 Å². The van der Waals surface area contributed by atoms with Crippen LogP contribution >= 0.6 is 0 Å². The van der Waals surface area contributed by atoms with Crippen molar-refractivity contribution in [3.05, 3.63) is 0 Å². The quantitative estimate of drug-likeness (QED) is 0.589. The van der Waals surface area contributed by atoms with Crippen LogP contribution in [0.15, 0.2) is 0 Å². The molecule has 2 aliphatic rings. The Morgan fingerprint density at radius 3 is 2.30 bits per heavy atom. The molecule has 0 amide bonds. The van der Waals surface area contributed by atoms with Crippen LogP contribution in [-0.4, -0.2) is 18.8 Å². The van der Waals surface area contributed by atoms with Gasteiger partial charge in [0.05, 0.1) is 0 Å². The third kappa shape index (κ3) is 1.06. The minimum Gasteiger partial charge on any atom is -0.381 e. The second-order valence-corrected chi connectivity index (χ2v) is 3.62. The van der Waals surface area contributed by atoms with Gasteiger partial charge in [-0.25, -0.2) is 0 Å². The van der Waals surface area contributed by atoms with Crippen LogP contribution in [0.3, 0.4) is 0 Å². The summed E-state index contributed by atoms with van der Waals surface area (Å²) in [6.45, 7) is 1.87. The molecule has 1 aliphatic carbocycles. The lowest BCUT2D eigenvalue weighted by Gasteiger charge is -2.27. The van der Waals surface area contributed by atoms with E-state index in [0.29, 0.717) is 0 Å². The fraction of sp³-hybridized carbons (Fsp3) is 1.00. The third-order valence-electron chi connectivity index (χ3n) is 2.86. The van der Waals surface area contributed by atoms with Gasteiger partial charge in [0.15, 0.2) is 0 Å². The van der Waals surface area contributed by atoms with E-state index >= 15 is 0 Å². The van der Waals surface area contributed by atoms with Crippen molar-refractivity contribution in [3.8, 4) is 0 Å². The van der Waals surface area contributed by atoms with Crippen molar-refractivity contribution >= 4 is 0 Å². The van der Waals surface area contributed by atoms with Crippen LogP contribution in [0.5, 0.6) is 0 Å². The predicted molar refractivity (Wildman–Crippen MR) is 39.7 cm³/mol. The minimum atomic E-state index is 0.240. The lowest BCUT2D eigenvalue weighted by atomic mass is 9.90. The van der Waals surface area contributed by atoms with Crippen LogP contribution in [0.1, 0.15) is 25.7 Å². The van der Waals surface area contributed by atoms with Gasteiger partial charge in [0.25, 0.3) is 0 Å². The van der Waals surface area contributed by atoms with E-state index in [0.717, 1.165) is 19.1 Å². The molecule has 2 rings (SSSR count). The summed E-state index contributed by atoms with van der Waals surface area (Å²) >= 11 is 0. The molecule has 2 heteroatoms. The van der Waals surface area contributed by atoms with Gasteiger partial charge in [-0.15, -0.1) is 0 Å². The molecular formula is C8H15NO. The summed E-state index contributed by atoms with van der Waals surface area (Å²) < 4.78 is 5.27. The molecule has 0 radical (unpaired) electrons. The van der Waals surface area contributed by atoms with E-state index in [1.54, 1.807) is 0 Å². The van der Waals surface area contributed by atoms with E-state index in [-0.39, 0.29) is 5.54 Å². The number of nitrogens with two attached hydrogens (primary N) is 1. The average molecular weight is 141 g/mol. The first-order valence-corrected chi connectivity index (χ1v) is 4.18. The molecule has 1 aliphatic heterocycles. The second-order valence-electron chi connectivity index (χ2n) is 3.62. The standard InChI is InChI=1S/C8H15NO/c9-8(3-4-8)7-1-5-10-6-2-7/h7H,1-6,9H2. The monoisotopic (exact) mass is 141 g/mol. The van der Waals surface area contributed by atoms with Crippen molar-refractivity contribution in [3.63, 3.8) is 0 Å². The number of hydrogen-bond donors (Lipinski definition) is 1. The molecule has 0 unspecified atom stereocenters. The van der Waals surface area contributed by atoms with Gasteiger partial charge in [-0.05, 0) is 31.6 Å². The zero-order valence-corrected chi connectivity index (χ0v) is 6.31. The molecule has 10 heavy (non-hydrogen) atoms. The molecule has 2 nitrogen and oxygen atoms in total. The third-order valence-corrected chi connectivity index (χ3v) is 2.86. The van der Waals surface area contributed by atoms with Gasteiger partial charge < -0.3 is 10.5 Å². The smallest absolute Gasteiger partial charge is 0.0469 e. The van der Waals surface area contributed by atoms with Crippen molar-refractivity contribution in [2.24, 2.45) is 11.7 Å². The fourth-order valence-electron chi connectivity index (χ4n) is 1.83. The van der Waals surface area contributed by atoms with E-state index in [1.807, 2.05) is 0 Å². The van der Waals surface area contributed by atoms with Gasteiger partial charge in [-0.3, -0.25) is 0 Å². The van der Waals surface area contributed by atoms with Crippen LogP contribution < -0.4 is 5.73 Å². The number of rotatable bonds is 1. The first-order valence-electron chi connectivity index (χ1n) is 4.18. The van der Waals surface area contributed by atoms with Gasteiger partial charge in [0, 0.05) is 18.8 Å². The molecule has 2 N–H and O–H groups in total. The highest BCUT2D eigenvalue weighted by Crippen LogP contribution is 2.43. The van der Waals surface area contributed by atoms with Gasteiger partial charge in [-0.2, -0.15) is 0 Å². The van der Waals surface area contributed by atoms with Crippen LogP contribution in [-0.2, 0) is 4.74 Å². The average Bonchev–Trinajstić information content (AvgIpc) is 2.72. The highest BCUT2D eigenvalue weighted by molar-refractivity contribution is 5.04. The van der Waals surface area contributed by atoms with Crippen molar-refractivity contribution in [1.82, 2.24) is 0 Å². The van der Waals surface area contributed by atoms with Crippen molar-refractivity contribution < 1.29 is 4.74 Å². The van der Waals surface area contributed by atoms with E-state index in [9.17, 15) is 0 Å². The zero-order chi connectivity index (χ0) is 7.03. The van der Waals surface area contributed by atoms with E-state index in [1.165, 1.54) is 25.7 Å². The normalized spacial score (nSPS) is 32.1. The maximum absolute atomic E-state index is 6.07. The summed E-state index contributed by atoms with van der Waals surface area (Å²) in [5.74, 6) is 0.765. The van der Waals surface area contributed by atoms with Crippen LogP contribution in [0.4, 0.5) is 0 Å². The molecule has 1 saturated heterocycles. The summed E-state index contributed by atoms with van der Waals surface area (Å²) in [5, 5.41) is 0. The topological polar surface area (TPSA) is 35.2 Å². The highest BCUT2D eigenvalue weighted by Gasteiger charge is 2.45. The maximum Gasteiger partial charge on any atom is 0.0469 e. The second kappa shape index (κ2) is 2.21. The molecule has 0 aromatic rings. The molecule has 0 spiro atoms. The molecular weight excluding hydrogens is 126 g/mol. The Morgan fingerprint density at radius 1 is 1.20 bits per heavy atom. The number of hydrogen-bond acceptors (Lipinski definition) is 2. The summed E-state index contributed by atoms with van der Waals surface area (Å²) in [4.78, 5) is 0. The number of ether oxygens (including phenoxy) is 1. The Kier molecular flexibility index (Phi) is 1.46. The van der Waals surface area contributed by atoms with Crippen LogP contribution in [0, 0.1) is 5.92 Å². The first-order chi connectivity index (χ1) is 4.81. The Labute approximate surface area is 61.7 Å². The van der Waals surface area contributed by atoms with E-state index in [2.05, 4.69) is 0 Å². The van der Waals surface area contributed by atoms with Crippen molar-refractivity contribution in [2.45, 2.75) is 31.2 Å². The molecule has 0 bridgehead atoms. The van der Waals surface area contributed by atoms with Gasteiger partial charge in [-0.1, -0.05) is 0 Å². The molecule has 58 valence electrons. The molecule has 0 atom stereocenters. The molecule has 0 aromatic heterocycles. The Balaban J connectivity index is 1.91. The minimum absolute atomic E-state index is 0.240. The summed E-state index contributed by atoms with van der Waals surface area (Å²) in [6.07, 6.45) is 4.88. The largest absolute Gasteiger partial charge is 0.381 e. The Hall–Kier alpha value is -0.0800. The highest BCUT2D eigenvalue weighted by atomic mass is 16.5. The Bertz CT molecular complexity index is 125. The SMILES string of the molecule is NC1(C2CCOCC2)CC1. The van der Waals surface area contributed by atoms with Crippen LogP contribution in [0.2, 0.25) is 0 Å². The summed E-state index contributed by atoms with van der Waals surface area (Å²) in [7, 11) is 0. The maximum atomic E-state index is 6.07. The van der Waals surface area contributed by atoms with Crippen molar-refractivity contribution in [2.75, 3.05) is 13.2 Å². The molecule has 1 heterocycles. The van der Waals surface area contributed by atoms with E-state index < -0.39 is 0 Å². The van der Waals surface area contributed by atoms with E-state index in [4.69, 9.17) is 10.5 Å². The molecule has 1 saturated carbocycles. The van der Waals surface area contributed by atoms with Gasteiger partial charge >= 0.3 is 0 Å². The molecule has 0 aromatic carbocycles. The van der Waals surface area contributed by atoms with Crippen LogP contribution in [0.25, 0.3) is 0 Å². The summed E-state index contributed by atoms with van der Waals surface area (Å²) in [5.41, 5.74) is 6.31. The Morgan fingerprint density at radius 2 is 1.80 bits per heavy atom.